The van der Waals surface area contributed by atoms with Crippen molar-refractivity contribution in [2.24, 2.45) is 0 Å². The number of phenolic OH excluding ortho intramolecular Hbond substituents is 1. The zero-order valence-corrected chi connectivity index (χ0v) is 12.1. The van der Waals surface area contributed by atoms with E-state index in [9.17, 15) is 18.3 Å². The first kappa shape index (κ1) is 15.2. The van der Waals surface area contributed by atoms with Gasteiger partial charge in [-0.25, -0.2) is 4.39 Å². The Balaban J connectivity index is 2.21. The van der Waals surface area contributed by atoms with Gasteiger partial charge >= 0.3 is 6.11 Å². The molecule has 2 aromatic heterocycles. The van der Waals surface area contributed by atoms with Crippen molar-refractivity contribution in [2.45, 2.75) is 13.0 Å². The van der Waals surface area contributed by atoms with Crippen molar-refractivity contribution in [1.82, 2.24) is 19.6 Å². The van der Waals surface area contributed by atoms with Crippen molar-refractivity contribution in [3.8, 4) is 17.0 Å². The van der Waals surface area contributed by atoms with Crippen molar-refractivity contribution in [3.05, 3.63) is 41.7 Å². The zero-order valence-electron chi connectivity index (χ0n) is 12.1. The fraction of sp³-hybridized carbons (Fsp3) is 0.214. The summed E-state index contributed by atoms with van der Waals surface area (Å²) in [6, 6.07) is 2.31. The molecule has 0 aliphatic heterocycles. The van der Waals surface area contributed by atoms with Gasteiger partial charge in [-0.1, -0.05) is 0 Å². The van der Waals surface area contributed by atoms with Crippen LogP contribution in [0.3, 0.4) is 0 Å². The Morgan fingerprint density at radius 1 is 1.26 bits per heavy atom. The maximum atomic E-state index is 14.0. The highest BCUT2D eigenvalue weighted by atomic mass is 19.3. The Morgan fingerprint density at radius 2 is 2.00 bits per heavy atom. The Labute approximate surface area is 128 Å². The van der Waals surface area contributed by atoms with E-state index < -0.39 is 17.8 Å². The van der Waals surface area contributed by atoms with Gasteiger partial charge in [-0.3, -0.25) is 9.38 Å². The van der Waals surface area contributed by atoms with Gasteiger partial charge in [0.15, 0.2) is 5.65 Å². The van der Waals surface area contributed by atoms with Gasteiger partial charge in [0.05, 0.1) is 11.9 Å². The molecule has 1 aromatic carbocycles. The summed E-state index contributed by atoms with van der Waals surface area (Å²) in [6.07, 6.45) is -1.27. The molecule has 0 bridgehead atoms. The number of nitrogens with zero attached hydrogens (tertiary/aromatic N) is 4. The summed E-state index contributed by atoms with van der Waals surface area (Å²) in [5.74, 6) is -1.68. The van der Waals surface area contributed by atoms with Gasteiger partial charge in [-0.15, -0.1) is 10.2 Å². The van der Waals surface area contributed by atoms with Gasteiger partial charge in [-0.2, -0.15) is 8.78 Å². The number of hydrogen-bond donors (Lipinski definition) is 1. The third kappa shape index (κ3) is 2.48. The SMILES string of the molecule is COC(F)(F)c1nnc2cnc(-c3cc(C)c(O)cc3F)cn12. The molecule has 1 N–H and O–H groups in total. The fourth-order valence-electron chi connectivity index (χ4n) is 2.10. The summed E-state index contributed by atoms with van der Waals surface area (Å²) in [5.41, 5.74) is 0.638. The first-order chi connectivity index (χ1) is 10.8. The molecule has 0 saturated carbocycles. The van der Waals surface area contributed by atoms with Crippen LogP contribution in [0.15, 0.2) is 24.5 Å². The van der Waals surface area contributed by atoms with E-state index in [2.05, 4.69) is 19.9 Å². The molecule has 0 unspecified atom stereocenters. The number of ether oxygens (including phenoxy) is 1. The topological polar surface area (TPSA) is 72.5 Å². The lowest BCUT2D eigenvalue weighted by Crippen LogP contribution is -2.19. The van der Waals surface area contributed by atoms with Gasteiger partial charge in [0, 0.05) is 24.9 Å². The van der Waals surface area contributed by atoms with Gasteiger partial charge in [-0.05, 0) is 18.6 Å². The minimum absolute atomic E-state index is 0.0579. The van der Waals surface area contributed by atoms with Crippen molar-refractivity contribution in [2.75, 3.05) is 7.11 Å². The number of fused-ring (bicyclic) bond motifs is 1. The van der Waals surface area contributed by atoms with E-state index in [0.717, 1.165) is 17.6 Å². The third-order valence-electron chi connectivity index (χ3n) is 3.37. The Bertz CT molecular complexity index is 895. The molecule has 0 radical (unpaired) electrons. The molecule has 0 fully saturated rings. The molecule has 3 aromatic rings. The molecule has 0 saturated heterocycles. The molecular weight excluding hydrogens is 313 g/mol. The Morgan fingerprint density at radius 3 is 2.70 bits per heavy atom. The first-order valence-corrected chi connectivity index (χ1v) is 6.47. The van der Waals surface area contributed by atoms with Crippen molar-refractivity contribution >= 4 is 5.65 Å². The zero-order chi connectivity index (χ0) is 16.8. The molecule has 0 atom stereocenters. The predicted molar refractivity (Wildman–Crippen MR) is 73.5 cm³/mol. The van der Waals surface area contributed by atoms with Crippen LogP contribution in [0.1, 0.15) is 11.4 Å². The molecule has 3 rings (SSSR count). The number of phenols is 1. The van der Waals surface area contributed by atoms with Crippen LogP contribution < -0.4 is 0 Å². The lowest BCUT2D eigenvalue weighted by molar-refractivity contribution is -0.237. The highest BCUT2D eigenvalue weighted by Gasteiger charge is 2.37. The molecule has 2 heterocycles. The maximum Gasteiger partial charge on any atom is 0.417 e. The smallest absolute Gasteiger partial charge is 0.417 e. The standard InChI is InChI=1S/C14H11F3N4O2/c1-7-3-8(9(15)4-11(7)22)10-6-21-12(5-18-10)19-20-13(21)14(16,17)23-2/h3-6,22H,1-2H3. The highest BCUT2D eigenvalue weighted by Crippen LogP contribution is 2.30. The molecule has 9 heteroatoms. The molecule has 0 amide bonds. The number of halogens is 3. The normalized spacial score (nSPS) is 12.0. The van der Waals surface area contributed by atoms with E-state index in [0.29, 0.717) is 5.56 Å². The van der Waals surface area contributed by atoms with Crippen LogP contribution in [0.5, 0.6) is 5.75 Å². The summed E-state index contributed by atoms with van der Waals surface area (Å²) >= 11 is 0. The van der Waals surface area contributed by atoms with Crippen molar-refractivity contribution in [3.63, 3.8) is 0 Å². The largest absolute Gasteiger partial charge is 0.508 e. The lowest BCUT2D eigenvalue weighted by atomic mass is 10.1. The number of aryl methyl sites for hydroxylation is 1. The first-order valence-electron chi connectivity index (χ1n) is 6.47. The second-order valence-corrected chi connectivity index (χ2v) is 4.86. The van der Waals surface area contributed by atoms with Crippen LogP contribution in [0.2, 0.25) is 0 Å². The van der Waals surface area contributed by atoms with Crippen LogP contribution in [0.4, 0.5) is 13.2 Å². The van der Waals surface area contributed by atoms with E-state index in [1.54, 1.807) is 6.92 Å². The predicted octanol–water partition coefficient (Wildman–Crippen LogP) is 2.64. The summed E-state index contributed by atoms with van der Waals surface area (Å²) in [4.78, 5) is 4.00. The van der Waals surface area contributed by atoms with Crippen LogP contribution in [0.25, 0.3) is 16.9 Å². The molecule has 23 heavy (non-hydrogen) atoms. The number of rotatable bonds is 3. The van der Waals surface area contributed by atoms with E-state index in [-0.39, 0.29) is 22.7 Å². The van der Waals surface area contributed by atoms with Crippen molar-refractivity contribution in [1.29, 1.82) is 0 Å². The molecule has 0 spiro atoms. The quantitative estimate of drug-likeness (QED) is 0.802. The molecular formula is C14H11F3N4O2. The van der Waals surface area contributed by atoms with E-state index in [1.807, 2.05) is 0 Å². The number of alkyl halides is 2. The highest BCUT2D eigenvalue weighted by molar-refractivity contribution is 5.63. The lowest BCUT2D eigenvalue weighted by Gasteiger charge is -2.12. The number of aromatic hydroxyl groups is 1. The summed E-state index contributed by atoms with van der Waals surface area (Å²) in [5, 5.41) is 16.5. The fourth-order valence-corrected chi connectivity index (χ4v) is 2.10. The Hall–Kier alpha value is -2.68. The van der Waals surface area contributed by atoms with Crippen LogP contribution in [-0.2, 0) is 10.8 Å². The third-order valence-corrected chi connectivity index (χ3v) is 3.37. The van der Waals surface area contributed by atoms with Crippen LogP contribution >= 0.6 is 0 Å². The summed E-state index contributed by atoms with van der Waals surface area (Å²) < 4.78 is 46.5. The minimum Gasteiger partial charge on any atom is -0.508 e. The second-order valence-electron chi connectivity index (χ2n) is 4.86. The summed E-state index contributed by atoms with van der Waals surface area (Å²) in [7, 11) is 0.839. The van der Waals surface area contributed by atoms with E-state index >= 15 is 0 Å². The number of benzene rings is 1. The number of methoxy groups -OCH3 is 1. The van der Waals surface area contributed by atoms with Gasteiger partial charge in [0.25, 0.3) is 0 Å². The Kier molecular flexibility index (Phi) is 3.44. The average Bonchev–Trinajstić information content (AvgIpc) is 2.94. The number of hydrogen-bond acceptors (Lipinski definition) is 5. The van der Waals surface area contributed by atoms with Crippen molar-refractivity contribution < 1.29 is 23.0 Å². The molecule has 120 valence electrons. The monoisotopic (exact) mass is 324 g/mol. The summed E-state index contributed by atoms with van der Waals surface area (Å²) in [6.45, 7) is 1.58. The molecule has 0 aliphatic carbocycles. The van der Waals surface area contributed by atoms with Gasteiger partial charge < -0.3 is 9.84 Å². The van der Waals surface area contributed by atoms with Crippen LogP contribution in [-0.4, -0.2) is 31.8 Å². The van der Waals surface area contributed by atoms with Crippen LogP contribution in [0, 0.1) is 12.7 Å². The molecule has 0 aliphatic rings. The number of aromatic nitrogens is 4. The van der Waals surface area contributed by atoms with Gasteiger partial charge in [0.2, 0.25) is 5.82 Å². The second kappa shape index (κ2) is 5.20. The maximum absolute atomic E-state index is 14.0. The molecule has 6 nitrogen and oxygen atoms in total. The average molecular weight is 324 g/mol. The van der Waals surface area contributed by atoms with E-state index in [1.165, 1.54) is 18.5 Å². The van der Waals surface area contributed by atoms with E-state index in [4.69, 9.17) is 0 Å². The van der Waals surface area contributed by atoms with Gasteiger partial charge in [0.1, 0.15) is 11.6 Å². The minimum atomic E-state index is -3.65.